The summed E-state index contributed by atoms with van der Waals surface area (Å²) in [6.45, 7) is 4.35. The van der Waals surface area contributed by atoms with Crippen molar-refractivity contribution >= 4 is 34.1 Å². The Labute approximate surface area is 81.4 Å². The van der Waals surface area contributed by atoms with Gasteiger partial charge in [0.2, 0.25) is 0 Å². The fourth-order valence-corrected chi connectivity index (χ4v) is 2.04. The maximum atomic E-state index is 4.26. The molecular formula is C10H10N2S. The van der Waals surface area contributed by atoms with Crippen LogP contribution in [0.1, 0.15) is 24.6 Å². The summed E-state index contributed by atoms with van der Waals surface area (Å²) < 4.78 is 0. The molecular weight excluding hydrogens is 180 g/mol. The largest absolute Gasteiger partial charge is 0.253 e. The van der Waals surface area contributed by atoms with E-state index in [-0.39, 0.29) is 0 Å². The van der Waals surface area contributed by atoms with Gasteiger partial charge in [0.05, 0.1) is 0 Å². The van der Waals surface area contributed by atoms with Gasteiger partial charge in [-0.15, -0.1) is 11.3 Å². The van der Waals surface area contributed by atoms with Crippen molar-refractivity contribution in [1.29, 1.82) is 0 Å². The number of hydrogen-bond acceptors (Lipinski definition) is 3. The third kappa shape index (κ3) is 1.62. The van der Waals surface area contributed by atoms with E-state index in [9.17, 15) is 0 Å². The molecule has 1 aromatic heterocycles. The molecule has 0 amide bonds. The number of hydrogen-bond donors (Lipinski definition) is 0. The van der Waals surface area contributed by atoms with E-state index in [1.165, 1.54) is 4.88 Å². The molecule has 0 N–H and O–H groups in total. The first-order chi connectivity index (χ1) is 6.27. The summed E-state index contributed by atoms with van der Waals surface area (Å²) in [5, 5.41) is 0.966. The molecule has 0 aliphatic carbocycles. The van der Waals surface area contributed by atoms with Gasteiger partial charge in [0, 0.05) is 17.2 Å². The Hall–Kier alpha value is -1.18. The first-order valence-corrected chi connectivity index (χ1v) is 5.05. The van der Waals surface area contributed by atoms with Crippen molar-refractivity contribution in [3.8, 4) is 0 Å². The molecule has 0 radical (unpaired) electrons. The Morgan fingerprint density at radius 2 is 2.31 bits per heavy atom. The zero-order chi connectivity index (χ0) is 9.26. The minimum atomic E-state index is 0.548. The predicted octanol–water partition coefficient (Wildman–Crippen LogP) is 3.44. The molecule has 2 nitrogen and oxygen atoms in total. The monoisotopic (exact) mass is 190 g/mol. The number of allylic oxidation sites excluding steroid dienone is 1. The zero-order valence-electron chi connectivity index (χ0n) is 7.61. The molecule has 1 aliphatic rings. The summed E-state index contributed by atoms with van der Waals surface area (Å²) in [5.74, 6) is 3.36. The highest BCUT2D eigenvalue weighted by molar-refractivity contribution is 7.16. The van der Waals surface area contributed by atoms with E-state index >= 15 is 0 Å². The van der Waals surface area contributed by atoms with Crippen LogP contribution in [0.2, 0.25) is 0 Å². The van der Waals surface area contributed by atoms with E-state index in [0.29, 0.717) is 5.92 Å². The molecule has 3 heteroatoms. The lowest BCUT2D eigenvalue weighted by atomic mass is 10.2. The minimum absolute atomic E-state index is 0.548. The SMILES string of the molecule is CC(C)c1cc2c(s1)N=C=CC=N2. The molecule has 2 heterocycles. The number of aliphatic imine (C=N–C) groups is 2. The topological polar surface area (TPSA) is 24.7 Å². The number of fused-ring (bicyclic) bond motifs is 1. The molecule has 66 valence electrons. The van der Waals surface area contributed by atoms with Crippen LogP contribution >= 0.6 is 11.3 Å². The maximum absolute atomic E-state index is 4.26. The van der Waals surface area contributed by atoms with Gasteiger partial charge in [-0.2, -0.15) is 4.99 Å². The lowest BCUT2D eigenvalue weighted by molar-refractivity contribution is 0.890. The Morgan fingerprint density at radius 3 is 3.08 bits per heavy atom. The van der Waals surface area contributed by atoms with Gasteiger partial charge in [-0.1, -0.05) is 13.8 Å². The molecule has 0 fully saturated rings. The molecule has 0 bridgehead atoms. The van der Waals surface area contributed by atoms with E-state index in [1.807, 2.05) is 0 Å². The van der Waals surface area contributed by atoms with Gasteiger partial charge in [0.1, 0.15) is 5.69 Å². The second-order valence-corrected chi connectivity index (χ2v) is 4.24. The van der Waals surface area contributed by atoms with Crippen molar-refractivity contribution in [3.63, 3.8) is 0 Å². The van der Waals surface area contributed by atoms with Crippen molar-refractivity contribution in [2.45, 2.75) is 19.8 Å². The Bertz CT molecular complexity index is 407. The van der Waals surface area contributed by atoms with Gasteiger partial charge in [-0.05, 0) is 17.9 Å². The lowest BCUT2D eigenvalue weighted by Crippen LogP contribution is -1.77. The van der Waals surface area contributed by atoms with E-state index < -0.39 is 0 Å². The standard InChI is InChI=1S/C10H10N2S/c1-7(2)9-6-8-10(13-9)12-5-3-4-11-8/h3-4,6-7H,1-2H3. The summed E-state index contributed by atoms with van der Waals surface area (Å²) in [5.41, 5.74) is 0.968. The summed E-state index contributed by atoms with van der Waals surface area (Å²) in [7, 11) is 0. The minimum Gasteiger partial charge on any atom is -0.253 e. The van der Waals surface area contributed by atoms with E-state index in [4.69, 9.17) is 0 Å². The molecule has 0 atom stereocenters. The average molecular weight is 190 g/mol. The molecule has 0 spiro atoms. The maximum Gasteiger partial charge on any atom is 0.152 e. The van der Waals surface area contributed by atoms with Crippen LogP contribution in [0.3, 0.4) is 0 Å². The molecule has 0 saturated heterocycles. The van der Waals surface area contributed by atoms with Gasteiger partial charge in [0.15, 0.2) is 5.00 Å². The van der Waals surface area contributed by atoms with Crippen LogP contribution in [0.4, 0.5) is 10.7 Å². The molecule has 1 aromatic rings. The molecule has 2 rings (SSSR count). The van der Waals surface area contributed by atoms with E-state index in [1.54, 1.807) is 23.6 Å². The zero-order valence-corrected chi connectivity index (χ0v) is 8.43. The smallest absolute Gasteiger partial charge is 0.152 e. The van der Waals surface area contributed by atoms with Crippen LogP contribution < -0.4 is 0 Å². The van der Waals surface area contributed by atoms with Crippen LogP contribution in [0.25, 0.3) is 0 Å². The number of nitrogens with zero attached hydrogens (tertiary/aromatic N) is 2. The third-order valence-electron chi connectivity index (χ3n) is 1.81. The fourth-order valence-electron chi connectivity index (χ4n) is 1.09. The van der Waals surface area contributed by atoms with Crippen LogP contribution in [-0.2, 0) is 0 Å². The van der Waals surface area contributed by atoms with Gasteiger partial charge in [-0.25, -0.2) is 0 Å². The normalized spacial score (nSPS) is 13.5. The van der Waals surface area contributed by atoms with Crippen molar-refractivity contribution in [1.82, 2.24) is 0 Å². The van der Waals surface area contributed by atoms with Crippen LogP contribution in [0.5, 0.6) is 0 Å². The first-order valence-electron chi connectivity index (χ1n) is 4.23. The van der Waals surface area contributed by atoms with Gasteiger partial charge in [0.25, 0.3) is 0 Å². The fraction of sp³-hybridized carbons (Fsp3) is 0.300. The Kier molecular flexibility index (Phi) is 2.13. The summed E-state index contributed by atoms with van der Waals surface area (Å²) >= 11 is 1.69. The first kappa shape index (κ1) is 8.42. The van der Waals surface area contributed by atoms with Crippen molar-refractivity contribution in [3.05, 3.63) is 17.0 Å². The van der Waals surface area contributed by atoms with Crippen molar-refractivity contribution < 1.29 is 0 Å². The van der Waals surface area contributed by atoms with Crippen LogP contribution in [0, 0.1) is 0 Å². The second-order valence-electron chi connectivity index (χ2n) is 3.18. The van der Waals surface area contributed by atoms with E-state index in [2.05, 4.69) is 35.8 Å². The quantitative estimate of drug-likeness (QED) is 0.648. The highest BCUT2D eigenvalue weighted by Crippen LogP contribution is 2.40. The molecule has 0 saturated carbocycles. The summed E-state index contributed by atoms with van der Waals surface area (Å²) in [4.78, 5) is 9.77. The highest BCUT2D eigenvalue weighted by Gasteiger charge is 2.09. The van der Waals surface area contributed by atoms with E-state index in [0.717, 1.165) is 10.7 Å². The Morgan fingerprint density at radius 1 is 1.46 bits per heavy atom. The number of rotatable bonds is 1. The Balaban J connectivity index is 2.51. The van der Waals surface area contributed by atoms with Crippen LogP contribution in [0.15, 0.2) is 22.1 Å². The van der Waals surface area contributed by atoms with Crippen molar-refractivity contribution in [2.24, 2.45) is 9.98 Å². The highest BCUT2D eigenvalue weighted by atomic mass is 32.1. The van der Waals surface area contributed by atoms with Crippen molar-refractivity contribution in [2.75, 3.05) is 0 Å². The average Bonchev–Trinajstić information content (AvgIpc) is 2.38. The molecule has 1 aliphatic heterocycles. The second kappa shape index (κ2) is 3.29. The van der Waals surface area contributed by atoms with Gasteiger partial charge < -0.3 is 0 Å². The molecule has 0 unspecified atom stereocenters. The van der Waals surface area contributed by atoms with Gasteiger partial charge >= 0.3 is 0 Å². The number of thiophene rings is 1. The third-order valence-corrected chi connectivity index (χ3v) is 3.13. The summed E-state index contributed by atoms with van der Waals surface area (Å²) in [6.07, 6.45) is 3.45. The van der Waals surface area contributed by atoms with Gasteiger partial charge in [-0.3, -0.25) is 4.99 Å². The summed E-state index contributed by atoms with van der Waals surface area (Å²) in [6, 6.07) is 2.10. The molecule has 0 aromatic carbocycles. The van der Waals surface area contributed by atoms with Crippen LogP contribution in [-0.4, -0.2) is 12.1 Å². The molecule has 13 heavy (non-hydrogen) atoms. The predicted molar refractivity (Wildman–Crippen MR) is 58.2 cm³/mol. The lowest BCUT2D eigenvalue weighted by Gasteiger charge is -1.96.